The van der Waals surface area contributed by atoms with Gasteiger partial charge in [-0.1, -0.05) is 12.1 Å². The highest BCUT2D eigenvalue weighted by atomic mass is 16.5. The van der Waals surface area contributed by atoms with Gasteiger partial charge in [-0.2, -0.15) is 0 Å². The zero-order valence-corrected chi connectivity index (χ0v) is 13.8. The van der Waals surface area contributed by atoms with E-state index in [0.717, 1.165) is 38.0 Å². The molecule has 2 saturated heterocycles. The van der Waals surface area contributed by atoms with Crippen LogP contribution in [0.2, 0.25) is 0 Å². The molecule has 23 heavy (non-hydrogen) atoms. The Bertz CT molecular complexity index is 560. The lowest BCUT2D eigenvalue weighted by atomic mass is 9.65. The molecule has 2 N–H and O–H groups in total. The maximum atomic E-state index is 10.9. The quantitative estimate of drug-likeness (QED) is 0.895. The zero-order valence-electron chi connectivity index (χ0n) is 13.8. The van der Waals surface area contributed by atoms with Crippen LogP contribution in [0.5, 0.6) is 5.75 Å². The first-order valence-electron chi connectivity index (χ1n) is 8.89. The van der Waals surface area contributed by atoms with Crippen LogP contribution in [0.4, 0.5) is 0 Å². The smallest absolute Gasteiger partial charge is 0.118 e. The fourth-order valence-electron chi connectivity index (χ4n) is 5.32. The third kappa shape index (κ3) is 2.48. The molecule has 4 rings (SSSR count). The molecule has 0 aromatic heterocycles. The maximum Gasteiger partial charge on any atom is 0.118 e. The van der Waals surface area contributed by atoms with Crippen LogP contribution in [0.3, 0.4) is 0 Å². The fourth-order valence-corrected chi connectivity index (χ4v) is 5.32. The Hall–Kier alpha value is -1.10. The van der Waals surface area contributed by atoms with Gasteiger partial charge in [0.1, 0.15) is 5.75 Å². The number of piperidine rings is 1. The third-order valence-corrected chi connectivity index (χ3v) is 6.50. The van der Waals surface area contributed by atoms with E-state index >= 15 is 0 Å². The van der Waals surface area contributed by atoms with Crippen LogP contribution in [0.15, 0.2) is 24.3 Å². The molecule has 4 heteroatoms. The topological polar surface area (TPSA) is 52.9 Å². The summed E-state index contributed by atoms with van der Waals surface area (Å²) in [6, 6.07) is 8.28. The van der Waals surface area contributed by atoms with Gasteiger partial charge in [0.05, 0.1) is 19.3 Å². The SMILES string of the molecule is COc1ccc(C[C@H]2[C@@H](O)[C@H]3C[C@]4(CCCN24)CC[C@H]3O)cc1. The second-order valence-corrected chi connectivity index (χ2v) is 7.61. The van der Waals surface area contributed by atoms with Gasteiger partial charge in [0, 0.05) is 17.5 Å². The molecule has 4 nitrogen and oxygen atoms in total. The minimum atomic E-state index is -0.432. The number of aliphatic hydroxyl groups is 2. The van der Waals surface area contributed by atoms with Crippen LogP contribution in [-0.4, -0.2) is 52.6 Å². The van der Waals surface area contributed by atoms with Crippen LogP contribution in [0.1, 0.15) is 37.7 Å². The van der Waals surface area contributed by atoms with Crippen LogP contribution < -0.4 is 4.74 Å². The monoisotopic (exact) mass is 317 g/mol. The summed E-state index contributed by atoms with van der Waals surface area (Å²) in [5, 5.41) is 21.3. The number of fused-ring (bicyclic) bond motifs is 1. The summed E-state index contributed by atoms with van der Waals surface area (Å²) in [4.78, 5) is 2.57. The molecule has 0 amide bonds. The molecular weight excluding hydrogens is 290 g/mol. The van der Waals surface area contributed by atoms with Crippen LogP contribution in [0, 0.1) is 5.92 Å². The van der Waals surface area contributed by atoms with Gasteiger partial charge in [0.15, 0.2) is 0 Å². The zero-order chi connectivity index (χ0) is 16.0. The van der Waals surface area contributed by atoms with Crippen molar-refractivity contribution in [3.63, 3.8) is 0 Å². The summed E-state index contributed by atoms with van der Waals surface area (Å²) in [5.74, 6) is 0.907. The molecule has 1 saturated carbocycles. The van der Waals surface area contributed by atoms with Crippen molar-refractivity contribution in [2.75, 3.05) is 13.7 Å². The lowest BCUT2D eigenvalue weighted by molar-refractivity contribution is -0.146. The number of nitrogens with zero attached hydrogens (tertiary/aromatic N) is 1. The lowest BCUT2D eigenvalue weighted by Crippen LogP contribution is -2.66. The number of methoxy groups -OCH3 is 1. The minimum Gasteiger partial charge on any atom is -0.497 e. The lowest BCUT2D eigenvalue weighted by Gasteiger charge is -2.57. The van der Waals surface area contributed by atoms with E-state index < -0.39 is 6.10 Å². The Balaban J connectivity index is 1.60. The standard InChI is InChI=1S/C19H27NO3/c1-23-14-5-3-13(4-6-14)11-16-18(22)15-12-19(9-7-17(15)21)8-2-10-20(16)19/h3-6,15-18,21-22H,2,7-12H2,1H3/t15-,16-,17+,18-,19-/m0/s1. The number of benzene rings is 1. The first-order valence-corrected chi connectivity index (χ1v) is 8.89. The average molecular weight is 317 g/mol. The van der Waals surface area contributed by atoms with Crippen LogP contribution in [0.25, 0.3) is 0 Å². The second-order valence-electron chi connectivity index (χ2n) is 7.61. The molecule has 2 heterocycles. The van der Waals surface area contributed by atoms with Crippen molar-refractivity contribution >= 4 is 0 Å². The largest absolute Gasteiger partial charge is 0.497 e. The molecule has 2 bridgehead atoms. The number of ether oxygens (including phenoxy) is 1. The molecule has 2 aliphatic heterocycles. The van der Waals surface area contributed by atoms with Crippen LogP contribution in [-0.2, 0) is 6.42 Å². The first-order chi connectivity index (χ1) is 11.1. The normalized spacial score (nSPS) is 40.0. The molecule has 1 aliphatic carbocycles. The van der Waals surface area contributed by atoms with Gasteiger partial charge in [-0.05, 0) is 62.8 Å². The van der Waals surface area contributed by atoms with Gasteiger partial charge in [-0.15, -0.1) is 0 Å². The highest BCUT2D eigenvalue weighted by molar-refractivity contribution is 5.28. The molecule has 1 spiro atoms. The highest BCUT2D eigenvalue weighted by Crippen LogP contribution is 2.51. The molecule has 3 aliphatic rings. The molecule has 126 valence electrons. The van der Waals surface area contributed by atoms with Crippen molar-refractivity contribution in [3.8, 4) is 5.75 Å². The summed E-state index contributed by atoms with van der Waals surface area (Å²) in [6.45, 7) is 1.08. The fraction of sp³-hybridized carbons (Fsp3) is 0.684. The molecular formula is C19H27NO3. The van der Waals surface area contributed by atoms with Crippen molar-refractivity contribution in [3.05, 3.63) is 29.8 Å². The number of aliphatic hydroxyl groups excluding tert-OH is 2. The van der Waals surface area contributed by atoms with Gasteiger partial charge in [0.2, 0.25) is 0 Å². The van der Waals surface area contributed by atoms with Gasteiger partial charge in [-0.25, -0.2) is 0 Å². The van der Waals surface area contributed by atoms with Gasteiger partial charge < -0.3 is 14.9 Å². The van der Waals surface area contributed by atoms with Crippen molar-refractivity contribution in [2.24, 2.45) is 5.92 Å². The summed E-state index contributed by atoms with van der Waals surface area (Å²) in [5.41, 5.74) is 1.46. The van der Waals surface area contributed by atoms with E-state index in [9.17, 15) is 10.2 Å². The Morgan fingerprint density at radius 3 is 2.74 bits per heavy atom. The Kier molecular flexibility index (Phi) is 3.87. The average Bonchev–Trinajstić information content (AvgIpc) is 2.98. The van der Waals surface area contributed by atoms with Crippen molar-refractivity contribution in [1.82, 2.24) is 4.90 Å². The molecule has 0 radical (unpaired) electrons. The third-order valence-electron chi connectivity index (χ3n) is 6.50. The maximum absolute atomic E-state index is 10.9. The first kappa shape index (κ1) is 15.4. The predicted octanol–water partition coefficient (Wildman–Crippen LogP) is 1.98. The van der Waals surface area contributed by atoms with Gasteiger partial charge in [-0.3, -0.25) is 4.90 Å². The summed E-state index contributed by atoms with van der Waals surface area (Å²) >= 11 is 0. The summed E-state index contributed by atoms with van der Waals surface area (Å²) in [7, 11) is 1.68. The highest BCUT2D eigenvalue weighted by Gasteiger charge is 2.56. The van der Waals surface area contributed by atoms with E-state index in [1.165, 1.54) is 18.4 Å². The van der Waals surface area contributed by atoms with E-state index in [-0.39, 0.29) is 23.6 Å². The molecule has 1 aromatic rings. The summed E-state index contributed by atoms with van der Waals surface area (Å²) < 4.78 is 5.23. The van der Waals surface area contributed by atoms with E-state index in [4.69, 9.17) is 4.74 Å². The van der Waals surface area contributed by atoms with Crippen molar-refractivity contribution in [2.45, 2.75) is 62.3 Å². The predicted molar refractivity (Wildman–Crippen MR) is 88.5 cm³/mol. The van der Waals surface area contributed by atoms with Crippen LogP contribution >= 0.6 is 0 Å². The van der Waals surface area contributed by atoms with E-state index in [0.29, 0.717) is 0 Å². The minimum absolute atomic E-state index is 0.0429. The Morgan fingerprint density at radius 2 is 2.00 bits per heavy atom. The Morgan fingerprint density at radius 1 is 1.22 bits per heavy atom. The van der Waals surface area contributed by atoms with Gasteiger partial charge >= 0.3 is 0 Å². The number of rotatable bonds is 3. The molecule has 3 fully saturated rings. The van der Waals surface area contributed by atoms with E-state index in [2.05, 4.69) is 17.0 Å². The second kappa shape index (κ2) is 5.76. The number of hydrogen-bond donors (Lipinski definition) is 2. The van der Waals surface area contributed by atoms with Crippen molar-refractivity contribution in [1.29, 1.82) is 0 Å². The van der Waals surface area contributed by atoms with E-state index in [1.807, 2.05) is 12.1 Å². The molecule has 5 atom stereocenters. The van der Waals surface area contributed by atoms with Crippen molar-refractivity contribution < 1.29 is 14.9 Å². The van der Waals surface area contributed by atoms with Gasteiger partial charge in [0.25, 0.3) is 0 Å². The number of hydrogen-bond acceptors (Lipinski definition) is 4. The Labute approximate surface area is 138 Å². The molecule has 0 unspecified atom stereocenters. The molecule has 1 aromatic carbocycles. The van der Waals surface area contributed by atoms with E-state index in [1.54, 1.807) is 7.11 Å². The summed E-state index contributed by atoms with van der Waals surface area (Å²) in [6.07, 6.45) is 5.40.